The van der Waals surface area contributed by atoms with E-state index in [4.69, 9.17) is 0 Å². The fourth-order valence-electron chi connectivity index (χ4n) is 1.74. The minimum atomic E-state index is 0.362. The standard InChI is InChI=1S/C15H28N4/c1-11(2)13-10-14(16-8-7-9-19(5)6)18-15(17-13)12(3)4/h10-12H,7-9H2,1-6H3,(H,16,17,18). The summed E-state index contributed by atoms with van der Waals surface area (Å²) in [5.41, 5.74) is 1.12. The van der Waals surface area contributed by atoms with Crippen molar-refractivity contribution in [1.29, 1.82) is 0 Å². The van der Waals surface area contributed by atoms with E-state index in [1.54, 1.807) is 0 Å². The molecule has 1 aromatic heterocycles. The average Bonchev–Trinajstić information content (AvgIpc) is 2.34. The Balaban J connectivity index is 2.71. The van der Waals surface area contributed by atoms with Crippen molar-refractivity contribution in [3.63, 3.8) is 0 Å². The lowest BCUT2D eigenvalue weighted by molar-refractivity contribution is 0.405. The van der Waals surface area contributed by atoms with E-state index in [1.807, 2.05) is 0 Å². The minimum Gasteiger partial charge on any atom is -0.370 e. The number of hydrogen-bond acceptors (Lipinski definition) is 4. The number of aromatic nitrogens is 2. The first-order valence-electron chi connectivity index (χ1n) is 7.17. The molecule has 4 heteroatoms. The molecule has 0 fully saturated rings. The second-order valence-electron chi connectivity index (χ2n) is 5.93. The molecule has 1 N–H and O–H groups in total. The molecule has 0 unspecified atom stereocenters. The zero-order valence-electron chi connectivity index (χ0n) is 13.2. The van der Waals surface area contributed by atoms with Crippen molar-refractivity contribution >= 4 is 5.82 Å². The highest BCUT2D eigenvalue weighted by Crippen LogP contribution is 2.19. The van der Waals surface area contributed by atoms with E-state index in [0.29, 0.717) is 11.8 Å². The highest BCUT2D eigenvalue weighted by molar-refractivity contribution is 5.37. The van der Waals surface area contributed by atoms with Crippen LogP contribution in [0.4, 0.5) is 5.82 Å². The molecule has 1 aromatic rings. The normalized spacial score (nSPS) is 11.6. The van der Waals surface area contributed by atoms with Crippen molar-refractivity contribution in [1.82, 2.24) is 14.9 Å². The molecular formula is C15H28N4. The number of anilines is 1. The maximum Gasteiger partial charge on any atom is 0.133 e. The zero-order valence-corrected chi connectivity index (χ0v) is 13.2. The molecule has 1 heterocycles. The van der Waals surface area contributed by atoms with Crippen molar-refractivity contribution in [2.45, 2.75) is 46.0 Å². The van der Waals surface area contributed by atoms with Crippen LogP contribution in [0.2, 0.25) is 0 Å². The number of nitrogens with zero attached hydrogens (tertiary/aromatic N) is 3. The van der Waals surface area contributed by atoms with Gasteiger partial charge in [0.1, 0.15) is 11.6 Å². The molecule has 0 radical (unpaired) electrons. The molecule has 0 bridgehead atoms. The zero-order chi connectivity index (χ0) is 14.4. The SMILES string of the molecule is CC(C)c1cc(NCCCN(C)C)nc(C(C)C)n1. The van der Waals surface area contributed by atoms with Gasteiger partial charge in [-0.1, -0.05) is 27.7 Å². The minimum absolute atomic E-state index is 0.362. The third-order valence-corrected chi connectivity index (χ3v) is 2.96. The van der Waals surface area contributed by atoms with Gasteiger partial charge in [0, 0.05) is 24.2 Å². The van der Waals surface area contributed by atoms with Crippen LogP contribution in [0.15, 0.2) is 6.07 Å². The Labute approximate surface area is 117 Å². The van der Waals surface area contributed by atoms with E-state index in [0.717, 1.165) is 36.8 Å². The molecule has 0 atom stereocenters. The van der Waals surface area contributed by atoms with Gasteiger partial charge in [-0.15, -0.1) is 0 Å². The summed E-state index contributed by atoms with van der Waals surface area (Å²) in [6.45, 7) is 10.6. The van der Waals surface area contributed by atoms with Gasteiger partial charge in [0.05, 0.1) is 0 Å². The molecule has 0 aliphatic carbocycles. The lowest BCUT2D eigenvalue weighted by Gasteiger charge is -2.14. The largest absolute Gasteiger partial charge is 0.370 e. The van der Waals surface area contributed by atoms with Crippen molar-refractivity contribution in [3.05, 3.63) is 17.6 Å². The summed E-state index contributed by atoms with van der Waals surface area (Å²) in [6.07, 6.45) is 1.12. The first-order valence-corrected chi connectivity index (χ1v) is 7.17. The maximum absolute atomic E-state index is 4.63. The number of hydrogen-bond donors (Lipinski definition) is 1. The van der Waals surface area contributed by atoms with E-state index >= 15 is 0 Å². The summed E-state index contributed by atoms with van der Waals surface area (Å²) in [6, 6.07) is 2.08. The fourth-order valence-corrected chi connectivity index (χ4v) is 1.74. The highest BCUT2D eigenvalue weighted by Gasteiger charge is 2.10. The maximum atomic E-state index is 4.63. The Morgan fingerprint density at radius 1 is 1.11 bits per heavy atom. The molecule has 0 aliphatic heterocycles. The van der Waals surface area contributed by atoms with Crippen LogP contribution < -0.4 is 5.32 Å². The van der Waals surface area contributed by atoms with Gasteiger partial charge in [-0.25, -0.2) is 9.97 Å². The monoisotopic (exact) mass is 264 g/mol. The van der Waals surface area contributed by atoms with Crippen molar-refractivity contribution in [2.75, 3.05) is 32.5 Å². The van der Waals surface area contributed by atoms with Crippen LogP contribution in [-0.4, -0.2) is 42.1 Å². The first kappa shape index (κ1) is 15.9. The van der Waals surface area contributed by atoms with Gasteiger partial charge in [-0.2, -0.15) is 0 Å². The first-order chi connectivity index (χ1) is 8.90. The average molecular weight is 264 g/mol. The third kappa shape index (κ3) is 5.55. The summed E-state index contributed by atoms with van der Waals surface area (Å²) in [5, 5.41) is 3.41. The molecule has 19 heavy (non-hydrogen) atoms. The molecular weight excluding hydrogens is 236 g/mol. The molecule has 0 saturated carbocycles. The molecule has 4 nitrogen and oxygen atoms in total. The van der Waals surface area contributed by atoms with Gasteiger partial charge in [-0.3, -0.25) is 0 Å². The summed E-state index contributed by atoms with van der Waals surface area (Å²) in [7, 11) is 4.19. The Bertz CT molecular complexity index is 359. The van der Waals surface area contributed by atoms with E-state index in [2.05, 4.69) is 68.0 Å². The van der Waals surface area contributed by atoms with E-state index in [9.17, 15) is 0 Å². The molecule has 0 amide bonds. The third-order valence-electron chi connectivity index (χ3n) is 2.96. The predicted octanol–water partition coefficient (Wildman–Crippen LogP) is 3.09. The fraction of sp³-hybridized carbons (Fsp3) is 0.733. The van der Waals surface area contributed by atoms with E-state index < -0.39 is 0 Å². The predicted molar refractivity (Wildman–Crippen MR) is 81.9 cm³/mol. The van der Waals surface area contributed by atoms with Crippen LogP contribution in [0.3, 0.4) is 0 Å². The van der Waals surface area contributed by atoms with Crippen LogP contribution in [0.1, 0.15) is 57.5 Å². The topological polar surface area (TPSA) is 41.0 Å². The lowest BCUT2D eigenvalue weighted by Crippen LogP contribution is -2.17. The smallest absolute Gasteiger partial charge is 0.133 e. The summed E-state index contributed by atoms with van der Waals surface area (Å²) >= 11 is 0. The molecule has 108 valence electrons. The highest BCUT2D eigenvalue weighted by atomic mass is 15.1. The molecule has 0 aromatic carbocycles. The van der Waals surface area contributed by atoms with E-state index in [1.165, 1.54) is 0 Å². The van der Waals surface area contributed by atoms with Crippen molar-refractivity contribution in [2.24, 2.45) is 0 Å². The number of nitrogens with one attached hydrogen (secondary N) is 1. The molecule has 0 saturated heterocycles. The van der Waals surface area contributed by atoms with Gasteiger partial charge < -0.3 is 10.2 Å². The van der Waals surface area contributed by atoms with Crippen LogP contribution in [0.25, 0.3) is 0 Å². The Kier molecular flexibility index (Phi) is 6.22. The summed E-state index contributed by atoms with van der Waals surface area (Å²) in [5.74, 6) is 2.69. The van der Waals surface area contributed by atoms with Gasteiger partial charge in [-0.05, 0) is 33.0 Å². The second-order valence-corrected chi connectivity index (χ2v) is 5.93. The van der Waals surface area contributed by atoms with Crippen LogP contribution in [-0.2, 0) is 0 Å². The lowest BCUT2D eigenvalue weighted by atomic mass is 10.1. The second kappa shape index (κ2) is 7.43. The Hall–Kier alpha value is -1.16. The molecule has 1 rings (SSSR count). The molecule has 0 aliphatic rings. The summed E-state index contributed by atoms with van der Waals surface area (Å²) in [4.78, 5) is 11.4. The van der Waals surface area contributed by atoms with Crippen LogP contribution in [0, 0.1) is 0 Å². The van der Waals surface area contributed by atoms with Crippen molar-refractivity contribution < 1.29 is 0 Å². The van der Waals surface area contributed by atoms with Gasteiger partial charge in [0.25, 0.3) is 0 Å². The number of rotatable bonds is 7. The van der Waals surface area contributed by atoms with E-state index in [-0.39, 0.29) is 0 Å². The van der Waals surface area contributed by atoms with Gasteiger partial charge >= 0.3 is 0 Å². The van der Waals surface area contributed by atoms with Crippen molar-refractivity contribution in [3.8, 4) is 0 Å². The van der Waals surface area contributed by atoms with Gasteiger partial charge in [0.2, 0.25) is 0 Å². The quantitative estimate of drug-likeness (QED) is 0.768. The Morgan fingerprint density at radius 2 is 1.79 bits per heavy atom. The summed E-state index contributed by atoms with van der Waals surface area (Å²) < 4.78 is 0. The van der Waals surface area contributed by atoms with Crippen LogP contribution in [0.5, 0.6) is 0 Å². The van der Waals surface area contributed by atoms with Gasteiger partial charge in [0.15, 0.2) is 0 Å². The molecule has 0 spiro atoms. The van der Waals surface area contributed by atoms with Crippen LogP contribution >= 0.6 is 0 Å². The Morgan fingerprint density at radius 3 is 2.32 bits per heavy atom.